The zero-order chi connectivity index (χ0) is 20.7. The average Bonchev–Trinajstić information content (AvgIpc) is 3.21. The molecule has 1 fully saturated rings. The highest BCUT2D eigenvalue weighted by Crippen LogP contribution is 2.43. The van der Waals surface area contributed by atoms with E-state index in [2.05, 4.69) is 25.7 Å². The third-order valence-corrected chi connectivity index (χ3v) is 5.04. The predicted octanol–water partition coefficient (Wildman–Crippen LogP) is 5.13. The van der Waals surface area contributed by atoms with Crippen LogP contribution in [0, 0.1) is 5.92 Å². The van der Waals surface area contributed by atoms with Crippen LogP contribution in [-0.2, 0) is 6.18 Å². The smallest absolute Gasteiger partial charge is 0.372 e. The zero-order valence-corrected chi connectivity index (χ0v) is 15.7. The summed E-state index contributed by atoms with van der Waals surface area (Å²) in [5, 5.41) is 9.26. The van der Waals surface area contributed by atoms with Crippen LogP contribution in [0.15, 0.2) is 12.4 Å². The van der Waals surface area contributed by atoms with Crippen molar-refractivity contribution in [1.29, 1.82) is 0 Å². The molecule has 0 saturated heterocycles. The molecule has 1 unspecified atom stereocenters. The summed E-state index contributed by atoms with van der Waals surface area (Å²) in [6.45, 7) is 0.907. The summed E-state index contributed by atoms with van der Waals surface area (Å²) in [6, 6.07) is -0.231. The maximum absolute atomic E-state index is 13.5. The Labute approximate surface area is 162 Å². The van der Waals surface area contributed by atoms with Gasteiger partial charge in [-0.2, -0.15) is 23.3 Å². The van der Waals surface area contributed by atoms with Crippen LogP contribution in [0.1, 0.15) is 37.8 Å². The number of nitrogens with zero attached hydrogens (tertiary/aromatic N) is 4. The summed E-state index contributed by atoms with van der Waals surface area (Å²) >= 11 is 6.08. The molecule has 0 spiro atoms. The number of rotatable bonds is 5. The third-order valence-electron chi connectivity index (χ3n) is 4.76. The molecule has 2 heterocycles. The molecule has 0 aromatic carbocycles. The molecule has 154 valence electrons. The number of alkyl halides is 5. The van der Waals surface area contributed by atoms with Gasteiger partial charge in [-0.05, 0) is 26.2 Å². The molecule has 1 aliphatic carbocycles. The van der Waals surface area contributed by atoms with Crippen LogP contribution in [0.2, 0.25) is 5.15 Å². The number of hydrogen-bond acceptors (Lipinski definition) is 5. The predicted molar refractivity (Wildman–Crippen MR) is 94.1 cm³/mol. The first kappa shape index (κ1) is 20.6. The Balaban J connectivity index is 1.78. The van der Waals surface area contributed by atoms with Crippen molar-refractivity contribution in [3.05, 3.63) is 23.1 Å². The lowest BCUT2D eigenvalue weighted by atomic mass is 10.0. The first-order chi connectivity index (χ1) is 13.0. The van der Waals surface area contributed by atoms with Gasteiger partial charge >= 0.3 is 6.18 Å². The van der Waals surface area contributed by atoms with Crippen molar-refractivity contribution < 1.29 is 22.0 Å². The minimum Gasteiger partial charge on any atom is -0.372 e. The Hall–Kier alpha value is -2.17. The largest absolute Gasteiger partial charge is 0.421 e. The van der Waals surface area contributed by atoms with Crippen molar-refractivity contribution in [3.8, 4) is 0 Å². The molecule has 3 rings (SSSR count). The second-order valence-corrected chi connectivity index (χ2v) is 7.12. The third kappa shape index (κ3) is 4.29. The Morgan fingerprint density at radius 2 is 1.93 bits per heavy atom. The zero-order valence-electron chi connectivity index (χ0n) is 15.0. The van der Waals surface area contributed by atoms with Crippen molar-refractivity contribution in [2.24, 2.45) is 5.92 Å². The van der Waals surface area contributed by atoms with Gasteiger partial charge in [0.25, 0.3) is 0 Å². The van der Waals surface area contributed by atoms with E-state index >= 15 is 0 Å². The van der Waals surface area contributed by atoms with Crippen LogP contribution in [0.4, 0.5) is 39.4 Å². The monoisotopic (exact) mass is 424 g/mol. The van der Waals surface area contributed by atoms with Gasteiger partial charge in [0.1, 0.15) is 11.4 Å². The van der Waals surface area contributed by atoms with Gasteiger partial charge in [-0.15, -0.1) is 0 Å². The van der Waals surface area contributed by atoms with Gasteiger partial charge in [0.15, 0.2) is 5.15 Å². The van der Waals surface area contributed by atoms with Crippen LogP contribution in [-0.4, -0.2) is 32.7 Å². The lowest BCUT2D eigenvalue weighted by molar-refractivity contribution is -0.137. The quantitative estimate of drug-likeness (QED) is 0.651. The van der Waals surface area contributed by atoms with Crippen molar-refractivity contribution >= 4 is 29.1 Å². The van der Waals surface area contributed by atoms with Crippen LogP contribution in [0.25, 0.3) is 0 Å². The fourth-order valence-electron chi connectivity index (χ4n) is 3.26. The van der Waals surface area contributed by atoms with E-state index < -0.39 is 29.4 Å². The second kappa shape index (κ2) is 7.34. The molecule has 12 heteroatoms. The standard InChI is InChI=1S/C16H18ClF5N6/c1-15(18,19)8-3-4-9(5-8)28-7-11(12(17)27-28)25-14-24-6-10(16(20,21)22)13(23-2)26-14/h6-9H,3-5H2,1-2H3,(H2,23,24,25,26)/t8?,9-/m1/s1. The minimum atomic E-state index is -4.60. The van der Waals surface area contributed by atoms with Gasteiger partial charge < -0.3 is 10.6 Å². The molecule has 2 atom stereocenters. The second-order valence-electron chi connectivity index (χ2n) is 6.76. The maximum atomic E-state index is 13.5. The number of nitrogens with one attached hydrogen (secondary N) is 2. The van der Waals surface area contributed by atoms with Crippen molar-refractivity contribution in [2.75, 3.05) is 17.7 Å². The molecular weight excluding hydrogens is 407 g/mol. The minimum absolute atomic E-state index is 0.0428. The van der Waals surface area contributed by atoms with Crippen LogP contribution >= 0.6 is 11.6 Å². The Bertz CT molecular complexity index is 847. The molecule has 0 amide bonds. The fraction of sp³-hybridized carbons (Fsp3) is 0.562. The van der Waals surface area contributed by atoms with E-state index in [1.54, 1.807) is 0 Å². The van der Waals surface area contributed by atoms with E-state index in [0.29, 0.717) is 19.0 Å². The first-order valence-corrected chi connectivity index (χ1v) is 8.88. The van der Waals surface area contributed by atoms with Gasteiger partial charge in [-0.25, -0.2) is 13.8 Å². The number of halogens is 6. The van der Waals surface area contributed by atoms with E-state index in [1.165, 1.54) is 17.9 Å². The van der Waals surface area contributed by atoms with Gasteiger partial charge in [0.2, 0.25) is 11.9 Å². The lowest BCUT2D eigenvalue weighted by Gasteiger charge is -2.18. The Kier molecular flexibility index (Phi) is 5.39. The number of aromatic nitrogens is 4. The van der Waals surface area contributed by atoms with Crippen LogP contribution in [0.5, 0.6) is 0 Å². The van der Waals surface area contributed by atoms with Crippen molar-refractivity contribution in [1.82, 2.24) is 19.7 Å². The van der Waals surface area contributed by atoms with E-state index in [9.17, 15) is 22.0 Å². The fourth-order valence-corrected chi connectivity index (χ4v) is 3.44. The average molecular weight is 425 g/mol. The number of anilines is 3. The summed E-state index contributed by atoms with van der Waals surface area (Å²) in [6.07, 6.45) is -1.25. The summed E-state index contributed by atoms with van der Waals surface area (Å²) in [4.78, 5) is 7.46. The van der Waals surface area contributed by atoms with Crippen molar-refractivity contribution in [2.45, 2.75) is 44.3 Å². The topological polar surface area (TPSA) is 67.7 Å². The van der Waals surface area contributed by atoms with Gasteiger partial charge in [-0.3, -0.25) is 4.68 Å². The Morgan fingerprint density at radius 1 is 1.21 bits per heavy atom. The molecule has 6 nitrogen and oxygen atoms in total. The summed E-state index contributed by atoms with van der Waals surface area (Å²) in [5.74, 6) is -3.99. The normalized spacial score (nSPS) is 20.4. The molecule has 2 N–H and O–H groups in total. The molecular formula is C16H18ClF5N6. The van der Waals surface area contributed by atoms with Gasteiger partial charge in [0.05, 0.1) is 17.9 Å². The summed E-state index contributed by atoms with van der Waals surface area (Å²) in [5.41, 5.74) is -0.727. The molecule has 2 aromatic heterocycles. The SMILES string of the molecule is CNc1nc(Nc2cn([C@@H]3CCC(C(C)(F)F)C3)nc2Cl)ncc1C(F)(F)F. The molecule has 0 radical (unpaired) electrons. The van der Waals surface area contributed by atoms with E-state index in [0.717, 1.165) is 6.92 Å². The number of hydrogen-bond donors (Lipinski definition) is 2. The van der Waals surface area contributed by atoms with E-state index in [-0.39, 0.29) is 29.3 Å². The van der Waals surface area contributed by atoms with Crippen molar-refractivity contribution in [3.63, 3.8) is 0 Å². The van der Waals surface area contributed by atoms with Crippen LogP contribution < -0.4 is 10.6 Å². The highest BCUT2D eigenvalue weighted by molar-refractivity contribution is 6.32. The van der Waals surface area contributed by atoms with Crippen LogP contribution in [0.3, 0.4) is 0 Å². The maximum Gasteiger partial charge on any atom is 0.421 e. The van der Waals surface area contributed by atoms with Gasteiger partial charge in [0, 0.05) is 19.2 Å². The lowest BCUT2D eigenvalue weighted by Crippen LogP contribution is -2.22. The first-order valence-electron chi connectivity index (χ1n) is 8.50. The molecule has 1 aliphatic rings. The summed E-state index contributed by atoms with van der Waals surface area (Å²) in [7, 11) is 1.31. The highest BCUT2D eigenvalue weighted by atomic mass is 35.5. The van der Waals surface area contributed by atoms with E-state index in [4.69, 9.17) is 11.6 Å². The molecule has 2 aromatic rings. The summed E-state index contributed by atoms with van der Waals surface area (Å²) < 4.78 is 67.3. The Morgan fingerprint density at radius 3 is 2.50 bits per heavy atom. The molecule has 1 saturated carbocycles. The molecule has 0 aliphatic heterocycles. The van der Waals surface area contributed by atoms with Gasteiger partial charge in [-0.1, -0.05) is 11.6 Å². The molecule has 0 bridgehead atoms. The van der Waals surface area contributed by atoms with E-state index in [1.807, 2.05) is 0 Å². The molecule has 28 heavy (non-hydrogen) atoms. The highest BCUT2D eigenvalue weighted by Gasteiger charge is 2.40.